The van der Waals surface area contributed by atoms with Gasteiger partial charge < -0.3 is 4.74 Å². The number of anilines is 2. The van der Waals surface area contributed by atoms with Gasteiger partial charge in [0.05, 0.1) is 12.2 Å². The highest BCUT2D eigenvalue weighted by Crippen LogP contribution is 2.26. The second-order valence-electron chi connectivity index (χ2n) is 5.81. The molecule has 2 amide bonds. The van der Waals surface area contributed by atoms with Gasteiger partial charge in [0.1, 0.15) is 12.4 Å². The Hall–Kier alpha value is -3.26. The summed E-state index contributed by atoms with van der Waals surface area (Å²) in [4.78, 5) is 29.8. The predicted molar refractivity (Wildman–Crippen MR) is 101 cm³/mol. The second kappa shape index (κ2) is 7.16. The van der Waals surface area contributed by atoms with Crippen LogP contribution in [0.3, 0.4) is 0 Å². The van der Waals surface area contributed by atoms with Crippen molar-refractivity contribution in [1.29, 1.82) is 0 Å². The molecule has 1 N–H and O–H groups in total. The van der Waals surface area contributed by atoms with Crippen molar-refractivity contribution in [2.75, 3.05) is 23.4 Å². The largest absolute Gasteiger partial charge is 0.447 e. The van der Waals surface area contributed by atoms with E-state index in [1.165, 1.54) is 28.4 Å². The molecule has 0 bridgehead atoms. The lowest BCUT2D eigenvalue weighted by Crippen LogP contribution is -2.23. The molecule has 2 heterocycles. The summed E-state index contributed by atoms with van der Waals surface area (Å²) in [7, 11) is 0. The molecule has 0 aliphatic carbocycles. The van der Waals surface area contributed by atoms with E-state index in [2.05, 4.69) is 10.3 Å². The number of hydrogen-bond donors (Lipinski definition) is 1. The summed E-state index contributed by atoms with van der Waals surface area (Å²) in [5.41, 5.74) is 2.57. The van der Waals surface area contributed by atoms with E-state index >= 15 is 0 Å². The molecule has 0 saturated carbocycles. The number of aromatic nitrogens is 1. The Morgan fingerprint density at radius 2 is 1.89 bits per heavy atom. The lowest BCUT2D eigenvalue weighted by Gasteiger charge is -2.12. The second-order valence-corrected chi connectivity index (χ2v) is 6.67. The molecule has 1 aliphatic heterocycles. The maximum Gasteiger partial charge on any atom is 0.414 e. The Morgan fingerprint density at radius 3 is 2.56 bits per heavy atom. The highest BCUT2D eigenvalue weighted by molar-refractivity contribution is 7.14. The standard InChI is InChI=1S/C19H14FN3O3S/c20-14-5-1-12(2-6-14)16-11-27-18(21-16)22-17(24)13-3-7-15(8-4-13)23-9-10-26-19(23)25/h1-8,11H,9-10H2,(H,21,22,24). The Balaban J connectivity index is 1.44. The first-order valence-electron chi connectivity index (χ1n) is 8.17. The molecular weight excluding hydrogens is 369 g/mol. The zero-order chi connectivity index (χ0) is 18.8. The monoisotopic (exact) mass is 383 g/mol. The molecule has 6 nitrogen and oxygen atoms in total. The van der Waals surface area contributed by atoms with Crippen LogP contribution in [0.1, 0.15) is 10.4 Å². The number of nitrogens with one attached hydrogen (secondary N) is 1. The van der Waals surface area contributed by atoms with Gasteiger partial charge in [-0.15, -0.1) is 11.3 Å². The third kappa shape index (κ3) is 3.65. The number of hydrogen-bond acceptors (Lipinski definition) is 5. The molecule has 1 fully saturated rings. The van der Waals surface area contributed by atoms with E-state index in [0.717, 1.165) is 5.56 Å². The average Bonchev–Trinajstić information content (AvgIpc) is 3.31. The molecule has 0 spiro atoms. The molecule has 0 atom stereocenters. The number of ether oxygens (including phenoxy) is 1. The summed E-state index contributed by atoms with van der Waals surface area (Å²) in [6.45, 7) is 0.858. The third-order valence-corrected chi connectivity index (χ3v) is 4.82. The Kier molecular flexibility index (Phi) is 4.55. The van der Waals surface area contributed by atoms with E-state index in [-0.39, 0.29) is 17.8 Å². The topological polar surface area (TPSA) is 71.5 Å². The van der Waals surface area contributed by atoms with Crippen molar-refractivity contribution in [1.82, 2.24) is 4.98 Å². The number of amides is 2. The van der Waals surface area contributed by atoms with Crippen LogP contribution in [-0.2, 0) is 4.74 Å². The lowest BCUT2D eigenvalue weighted by molar-refractivity contribution is 0.102. The molecule has 136 valence electrons. The Bertz CT molecular complexity index is 986. The van der Waals surface area contributed by atoms with Crippen LogP contribution in [0.25, 0.3) is 11.3 Å². The van der Waals surface area contributed by atoms with Crippen molar-refractivity contribution in [3.63, 3.8) is 0 Å². The van der Waals surface area contributed by atoms with Crippen molar-refractivity contribution in [2.24, 2.45) is 0 Å². The van der Waals surface area contributed by atoms with Crippen LogP contribution in [-0.4, -0.2) is 30.1 Å². The normalized spacial score (nSPS) is 13.5. The van der Waals surface area contributed by atoms with Gasteiger partial charge in [-0.25, -0.2) is 14.2 Å². The maximum absolute atomic E-state index is 13.0. The first kappa shape index (κ1) is 17.2. The first-order chi connectivity index (χ1) is 13.1. The van der Waals surface area contributed by atoms with Gasteiger partial charge in [-0.05, 0) is 48.5 Å². The van der Waals surface area contributed by atoms with Crippen molar-refractivity contribution in [3.8, 4) is 11.3 Å². The van der Waals surface area contributed by atoms with E-state index in [1.807, 2.05) is 0 Å². The van der Waals surface area contributed by atoms with E-state index in [9.17, 15) is 14.0 Å². The fourth-order valence-corrected chi connectivity index (χ4v) is 3.39. The van der Waals surface area contributed by atoms with E-state index < -0.39 is 0 Å². The van der Waals surface area contributed by atoms with E-state index in [0.29, 0.717) is 35.2 Å². The number of rotatable bonds is 4. The SMILES string of the molecule is O=C(Nc1nc(-c2ccc(F)cc2)cs1)c1ccc(N2CCOC2=O)cc1. The van der Waals surface area contributed by atoms with Gasteiger partial charge in [0.2, 0.25) is 0 Å². The van der Waals surface area contributed by atoms with Crippen LogP contribution < -0.4 is 10.2 Å². The Labute approximate surface area is 158 Å². The number of benzene rings is 2. The number of cyclic esters (lactones) is 1. The van der Waals surface area contributed by atoms with Crippen LogP contribution in [0.2, 0.25) is 0 Å². The van der Waals surface area contributed by atoms with E-state index in [1.54, 1.807) is 41.8 Å². The van der Waals surface area contributed by atoms with Gasteiger partial charge in [0, 0.05) is 22.2 Å². The highest BCUT2D eigenvalue weighted by atomic mass is 32.1. The fourth-order valence-electron chi connectivity index (χ4n) is 2.67. The molecule has 2 aromatic carbocycles. The van der Waals surface area contributed by atoms with Gasteiger partial charge in [0.15, 0.2) is 5.13 Å². The number of carbonyl (C=O) groups excluding carboxylic acids is 2. The van der Waals surface area contributed by atoms with Gasteiger partial charge in [-0.2, -0.15) is 0 Å². The van der Waals surface area contributed by atoms with Crippen LogP contribution in [0.15, 0.2) is 53.9 Å². The van der Waals surface area contributed by atoms with Gasteiger partial charge in [0.25, 0.3) is 5.91 Å². The molecule has 1 saturated heterocycles. The summed E-state index contributed by atoms with van der Waals surface area (Å²) in [5, 5.41) is 4.99. The minimum absolute atomic E-state index is 0.300. The number of carbonyl (C=O) groups is 2. The molecule has 1 aliphatic rings. The number of thiazole rings is 1. The molecule has 3 aromatic rings. The zero-order valence-corrected chi connectivity index (χ0v) is 14.8. The van der Waals surface area contributed by atoms with Crippen molar-refractivity contribution in [3.05, 3.63) is 65.3 Å². The summed E-state index contributed by atoms with van der Waals surface area (Å²) >= 11 is 1.29. The quantitative estimate of drug-likeness (QED) is 0.734. The van der Waals surface area contributed by atoms with Crippen molar-refractivity contribution in [2.45, 2.75) is 0 Å². The number of halogens is 1. The molecule has 0 radical (unpaired) electrons. The molecule has 27 heavy (non-hydrogen) atoms. The minimum Gasteiger partial charge on any atom is -0.447 e. The highest BCUT2D eigenvalue weighted by Gasteiger charge is 2.23. The van der Waals surface area contributed by atoms with Crippen LogP contribution in [0.4, 0.5) is 20.0 Å². The first-order valence-corrected chi connectivity index (χ1v) is 9.05. The average molecular weight is 383 g/mol. The van der Waals surface area contributed by atoms with Crippen molar-refractivity contribution >= 4 is 34.2 Å². The van der Waals surface area contributed by atoms with Crippen LogP contribution >= 0.6 is 11.3 Å². The summed E-state index contributed by atoms with van der Waals surface area (Å²) in [6.07, 6.45) is -0.386. The van der Waals surface area contributed by atoms with Gasteiger partial charge in [-0.1, -0.05) is 0 Å². The van der Waals surface area contributed by atoms with Gasteiger partial charge >= 0.3 is 6.09 Å². The molecule has 8 heteroatoms. The molecule has 0 unspecified atom stereocenters. The zero-order valence-electron chi connectivity index (χ0n) is 14.0. The maximum atomic E-state index is 13.0. The van der Waals surface area contributed by atoms with Crippen LogP contribution in [0.5, 0.6) is 0 Å². The fraction of sp³-hybridized carbons (Fsp3) is 0.105. The third-order valence-electron chi connectivity index (χ3n) is 4.07. The Morgan fingerprint density at radius 1 is 1.15 bits per heavy atom. The van der Waals surface area contributed by atoms with Crippen LogP contribution in [0, 0.1) is 5.82 Å². The predicted octanol–water partition coefficient (Wildman–Crippen LogP) is 4.16. The smallest absolute Gasteiger partial charge is 0.414 e. The summed E-state index contributed by atoms with van der Waals surface area (Å²) in [5.74, 6) is -0.612. The summed E-state index contributed by atoms with van der Waals surface area (Å²) < 4.78 is 17.9. The van der Waals surface area contributed by atoms with E-state index in [4.69, 9.17) is 4.74 Å². The van der Waals surface area contributed by atoms with Crippen molar-refractivity contribution < 1.29 is 18.7 Å². The lowest BCUT2D eigenvalue weighted by atomic mass is 10.2. The molecule has 4 rings (SSSR count). The molecule has 1 aromatic heterocycles. The minimum atomic E-state index is -0.386. The summed E-state index contributed by atoms with van der Waals surface area (Å²) in [6, 6.07) is 12.7. The number of nitrogens with zero attached hydrogens (tertiary/aromatic N) is 2. The van der Waals surface area contributed by atoms with Gasteiger partial charge in [-0.3, -0.25) is 15.0 Å². The molecular formula is C19H14FN3O3S.